The number of anilines is 1. The van der Waals surface area contributed by atoms with Gasteiger partial charge in [0.2, 0.25) is 0 Å². The van der Waals surface area contributed by atoms with E-state index in [1.54, 1.807) is 12.1 Å². The second kappa shape index (κ2) is 8.48. The molecule has 0 saturated carbocycles. The highest BCUT2D eigenvalue weighted by atomic mass is 35.5. The van der Waals surface area contributed by atoms with Crippen molar-refractivity contribution in [3.63, 3.8) is 0 Å². The summed E-state index contributed by atoms with van der Waals surface area (Å²) in [5.41, 5.74) is 1.73. The molecule has 0 fully saturated rings. The molecule has 1 aromatic carbocycles. The lowest BCUT2D eigenvalue weighted by Crippen LogP contribution is -2.24. The van der Waals surface area contributed by atoms with Gasteiger partial charge in [0.1, 0.15) is 12.4 Å². The summed E-state index contributed by atoms with van der Waals surface area (Å²) in [6.07, 6.45) is 0. The molecule has 0 unspecified atom stereocenters. The quantitative estimate of drug-likeness (QED) is 0.720. The van der Waals surface area contributed by atoms with Gasteiger partial charge in [-0.15, -0.1) is 10.2 Å². The first-order valence-corrected chi connectivity index (χ1v) is 8.16. The van der Waals surface area contributed by atoms with Crippen LogP contribution in [0.3, 0.4) is 0 Å². The first-order chi connectivity index (χ1) is 11.9. The Kier molecular flexibility index (Phi) is 6.36. The van der Waals surface area contributed by atoms with Crippen LogP contribution in [0.2, 0.25) is 5.02 Å². The van der Waals surface area contributed by atoms with Crippen molar-refractivity contribution >= 4 is 23.4 Å². The number of carboxylic acids is 1. The lowest BCUT2D eigenvalue weighted by atomic mass is 10.2. The van der Waals surface area contributed by atoms with Gasteiger partial charge in [0.15, 0.2) is 11.5 Å². The monoisotopic (exact) mass is 361 g/mol. The number of ether oxygens (including phenoxy) is 1. The molecule has 6 nitrogen and oxygen atoms in total. The van der Waals surface area contributed by atoms with Crippen molar-refractivity contribution in [1.82, 2.24) is 10.2 Å². The molecule has 0 aliphatic carbocycles. The van der Waals surface area contributed by atoms with Gasteiger partial charge < -0.3 is 14.7 Å². The Morgan fingerprint density at radius 2 is 2.08 bits per heavy atom. The summed E-state index contributed by atoms with van der Waals surface area (Å²) in [6.45, 7) is 9.30. The molecule has 0 aliphatic heterocycles. The summed E-state index contributed by atoms with van der Waals surface area (Å²) in [7, 11) is 0. The van der Waals surface area contributed by atoms with Crippen molar-refractivity contribution in [1.29, 1.82) is 0 Å². The van der Waals surface area contributed by atoms with Gasteiger partial charge in [0, 0.05) is 23.7 Å². The molecule has 0 atom stereocenters. The largest absolute Gasteiger partial charge is 0.489 e. The fourth-order valence-corrected chi connectivity index (χ4v) is 2.38. The Morgan fingerprint density at radius 1 is 1.32 bits per heavy atom. The van der Waals surface area contributed by atoms with Crippen LogP contribution in [0.5, 0.6) is 5.75 Å². The van der Waals surface area contributed by atoms with Crippen LogP contribution in [0.1, 0.15) is 29.9 Å². The first-order valence-electron chi connectivity index (χ1n) is 7.78. The third-order valence-corrected chi connectivity index (χ3v) is 3.67. The molecular weight excluding hydrogens is 342 g/mol. The summed E-state index contributed by atoms with van der Waals surface area (Å²) in [4.78, 5) is 12.9. The fourth-order valence-electron chi connectivity index (χ4n) is 2.18. The van der Waals surface area contributed by atoms with Crippen LogP contribution in [0.4, 0.5) is 5.82 Å². The van der Waals surface area contributed by atoms with Gasteiger partial charge in [0.05, 0.1) is 0 Å². The maximum absolute atomic E-state index is 10.9. The third kappa shape index (κ3) is 5.19. The average molecular weight is 362 g/mol. The van der Waals surface area contributed by atoms with Crippen molar-refractivity contribution in [2.45, 2.75) is 20.4 Å². The molecule has 132 valence electrons. The van der Waals surface area contributed by atoms with Crippen molar-refractivity contribution in [3.8, 4) is 5.75 Å². The van der Waals surface area contributed by atoms with E-state index < -0.39 is 5.97 Å². The predicted molar refractivity (Wildman–Crippen MR) is 97.5 cm³/mol. The number of halogens is 1. The van der Waals surface area contributed by atoms with Crippen LogP contribution in [-0.4, -0.2) is 34.4 Å². The number of benzene rings is 1. The van der Waals surface area contributed by atoms with Crippen molar-refractivity contribution in [2.75, 3.05) is 18.1 Å². The molecule has 25 heavy (non-hydrogen) atoms. The second-order valence-corrected chi connectivity index (χ2v) is 6.03. The van der Waals surface area contributed by atoms with Crippen LogP contribution < -0.4 is 9.64 Å². The Bertz CT molecular complexity index is 763. The van der Waals surface area contributed by atoms with Crippen LogP contribution in [-0.2, 0) is 6.54 Å². The van der Waals surface area contributed by atoms with Gasteiger partial charge >= 0.3 is 5.97 Å². The summed E-state index contributed by atoms with van der Waals surface area (Å²) in [5, 5.41) is 17.3. The van der Waals surface area contributed by atoms with E-state index in [4.69, 9.17) is 21.4 Å². The number of nitrogens with zero attached hydrogens (tertiary/aromatic N) is 3. The Morgan fingerprint density at radius 3 is 2.64 bits per heavy atom. The minimum Gasteiger partial charge on any atom is -0.489 e. The maximum Gasteiger partial charge on any atom is 0.356 e. The van der Waals surface area contributed by atoms with E-state index in [9.17, 15) is 4.79 Å². The van der Waals surface area contributed by atoms with Crippen LogP contribution in [0.15, 0.2) is 42.5 Å². The Hall–Kier alpha value is -2.60. The molecule has 1 N–H and O–H groups in total. The van der Waals surface area contributed by atoms with E-state index >= 15 is 0 Å². The number of carbonyl (C=O) groups is 1. The molecule has 0 spiro atoms. The topological polar surface area (TPSA) is 75.5 Å². The highest BCUT2D eigenvalue weighted by Crippen LogP contribution is 2.26. The van der Waals surface area contributed by atoms with E-state index in [0.29, 0.717) is 30.5 Å². The average Bonchev–Trinajstić information content (AvgIpc) is 2.58. The fraction of sp³-hybridized carbons (Fsp3) is 0.278. The molecule has 0 amide bonds. The molecule has 7 heteroatoms. The van der Waals surface area contributed by atoms with Crippen molar-refractivity contribution in [3.05, 3.63) is 58.8 Å². The Labute approximate surface area is 151 Å². The van der Waals surface area contributed by atoms with Gasteiger partial charge in [-0.3, -0.25) is 0 Å². The lowest BCUT2D eigenvalue weighted by molar-refractivity contribution is 0.0689. The third-order valence-electron chi connectivity index (χ3n) is 3.43. The highest BCUT2D eigenvalue weighted by Gasteiger charge is 2.13. The zero-order valence-electron chi connectivity index (χ0n) is 14.2. The maximum atomic E-state index is 10.9. The van der Waals surface area contributed by atoms with Gasteiger partial charge in [-0.1, -0.05) is 18.2 Å². The number of rotatable bonds is 8. The molecule has 2 aromatic rings. The SMILES string of the molecule is C=C(C)COc1ccc(Cl)cc1CN(CC)c1ccc(C(=O)O)nn1. The van der Waals surface area contributed by atoms with E-state index in [-0.39, 0.29) is 5.69 Å². The molecule has 1 heterocycles. The van der Waals surface area contributed by atoms with Crippen LogP contribution in [0.25, 0.3) is 0 Å². The molecule has 0 bridgehead atoms. The molecule has 0 radical (unpaired) electrons. The normalized spacial score (nSPS) is 10.4. The number of hydrogen-bond donors (Lipinski definition) is 1. The van der Waals surface area contributed by atoms with Crippen molar-refractivity contribution in [2.24, 2.45) is 0 Å². The van der Waals surface area contributed by atoms with Crippen molar-refractivity contribution < 1.29 is 14.6 Å². The van der Waals surface area contributed by atoms with E-state index in [1.807, 2.05) is 30.9 Å². The standard InChI is InChI=1S/C18H20ClN3O3/c1-4-22(17-8-6-15(18(23)24)20-21-17)10-13-9-14(19)5-7-16(13)25-11-12(2)3/h5-9H,2,4,10-11H2,1,3H3,(H,23,24). The number of aromatic carboxylic acids is 1. The van der Waals surface area contributed by atoms with Gasteiger partial charge in [-0.05, 0) is 49.8 Å². The lowest BCUT2D eigenvalue weighted by Gasteiger charge is -2.23. The summed E-state index contributed by atoms with van der Waals surface area (Å²) >= 11 is 6.12. The minimum atomic E-state index is -1.10. The minimum absolute atomic E-state index is 0.0898. The smallest absolute Gasteiger partial charge is 0.356 e. The summed E-state index contributed by atoms with van der Waals surface area (Å²) in [5.74, 6) is 0.201. The molecule has 0 saturated heterocycles. The highest BCUT2D eigenvalue weighted by molar-refractivity contribution is 6.30. The zero-order chi connectivity index (χ0) is 18.4. The molecule has 1 aromatic heterocycles. The van der Waals surface area contributed by atoms with Crippen LogP contribution >= 0.6 is 11.6 Å². The molecule has 2 rings (SSSR count). The van der Waals surface area contributed by atoms with Gasteiger partial charge in [-0.25, -0.2) is 4.79 Å². The predicted octanol–water partition coefficient (Wildman–Crippen LogP) is 3.81. The number of carboxylic acid groups (broad SMARTS) is 1. The van der Waals surface area contributed by atoms with Gasteiger partial charge in [0.25, 0.3) is 0 Å². The van der Waals surface area contributed by atoms with E-state index in [0.717, 1.165) is 16.9 Å². The second-order valence-electron chi connectivity index (χ2n) is 5.59. The van der Waals surface area contributed by atoms with E-state index in [1.165, 1.54) is 6.07 Å². The number of aromatic nitrogens is 2. The van der Waals surface area contributed by atoms with Crippen LogP contribution in [0, 0.1) is 0 Å². The van der Waals surface area contributed by atoms with Gasteiger partial charge in [-0.2, -0.15) is 0 Å². The number of hydrogen-bond acceptors (Lipinski definition) is 5. The van der Waals surface area contributed by atoms with E-state index in [2.05, 4.69) is 16.8 Å². The summed E-state index contributed by atoms with van der Waals surface area (Å²) in [6, 6.07) is 8.52. The summed E-state index contributed by atoms with van der Waals surface area (Å²) < 4.78 is 5.79. The Balaban J connectivity index is 2.24. The zero-order valence-corrected chi connectivity index (χ0v) is 15.0. The molecule has 0 aliphatic rings. The first kappa shape index (κ1) is 18.7. The molecular formula is C18H20ClN3O3.